The first-order valence-corrected chi connectivity index (χ1v) is 11.5. The van der Waals surface area contributed by atoms with E-state index in [-0.39, 0.29) is 33.3 Å². The van der Waals surface area contributed by atoms with E-state index in [1.807, 2.05) is 0 Å². The maximum atomic E-state index is 12.8. The van der Waals surface area contributed by atoms with Gasteiger partial charge in [-0.3, -0.25) is 14.9 Å². The normalized spacial score (nSPS) is 11.8. The SMILES string of the molecule is Cc1cccc(Cl)c1C(=O)NC(Cc1ccc2nc(-c3c(Cl)cccc3[N+](=O)[O-])ccc2c1)C(=O)O. The molecule has 0 aliphatic heterocycles. The lowest BCUT2D eigenvalue weighted by Gasteiger charge is -2.16. The fourth-order valence-corrected chi connectivity index (χ4v) is 4.52. The zero-order valence-corrected chi connectivity index (χ0v) is 20.4. The lowest BCUT2D eigenvalue weighted by atomic mass is 10.0. The molecular formula is C26H19Cl2N3O5. The number of fused-ring (bicyclic) bond motifs is 1. The molecule has 1 atom stereocenters. The van der Waals surface area contributed by atoms with Crippen molar-refractivity contribution in [1.29, 1.82) is 0 Å². The van der Waals surface area contributed by atoms with E-state index < -0.39 is 22.8 Å². The number of rotatable bonds is 7. The third-order valence-electron chi connectivity index (χ3n) is 5.69. The van der Waals surface area contributed by atoms with Crippen LogP contribution in [0.25, 0.3) is 22.2 Å². The summed E-state index contributed by atoms with van der Waals surface area (Å²) in [5, 5.41) is 24.9. The number of carbonyl (C=O) groups is 2. The maximum Gasteiger partial charge on any atom is 0.326 e. The van der Waals surface area contributed by atoms with Gasteiger partial charge in [0.15, 0.2) is 0 Å². The number of nitro groups is 1. The molecule has 0 radical (unpaired) electrons. The molecule has 0 saturated heterocycles. The Morgan fingerprint density at radius 2 is 1.78 bits per heavy atom. The third kappa shape index (κ3) is 5.15. The predicted octanol–water partition coefficient (Wildman–Crippen LogP) is 5.85. The van der Waals surface area contributed by atoms with Crippen LogP contribution in [0.15, 0.2) is 66.7 Å². The Bertz CT molecular complexity index is 1500. The van der Waals surface area contributed by atoms with Gasteiger partial charge in [-0.05, 0) is 48.4 Å². The summed E-state index contributed by atoms with van der Waals surface area (Å²) >= 11 is 12.4. The molecule has 0 bridgehead atoms. The van der Waals surface area contributed by atoms with Gasteiger partial charge in [0.1, 0.15) is 6.04 Å². The first kappa shape index (κ1) is 25.1. The number of hydrogen-bond donors (Lipinski definition) is 2. The van der Waals surface area contributed by atoms with Gasteiger partial charge in [0.2, 0.25) is 0 Å². The Balaban J connectivity index is 1.61. The average Bonchev–Trinajstić information content (AvgIpc) is 2.83. The van der Waals surface area contributed by atoms with Crippen molar-refractivity contribution in [3.05, 3.63) is 104 Å². The largest absolute Gasteiger partial charge is 0.480 e. The minimum atomic E-state index is -1.19. The molecule has 1 aromatic heterocycles. The summed E-state index contributed by atoms with van der Waals surface area (Å²) < 4.78 is 0. The van der Waals surface area contributed by atoms with E-state index in [1.165, 1.54) is 12.1 Å². The number of hydrogen-bond acceptors (Lipinski definition) is 5. The average molecular weight is 524 g/mol. The third-order valence-corrected chi connectivity index (χ3v) is 6.32. The van der Waals surface area contributed by atoms with Gasteiger partial charge in [-0.25, -0.2) is 9.78 Å². The van der Waals surface area contributed by atoms with Crippen LogP contribution in [-0.4, -0.2) is 32.9 Å². The highest BCUT2D eigenvalue weighted by atomic mass is 35.5. The first-order valence-electron chi connectivity index (χ1n) is 10.8. The fourth-order valence-electron chi connectivity index (χ4n) is 3.95. The molecule has 0 fully saturated rings. The molecule has 0 saturated carbocycles. The number of halogens is 2. The molecule has 4 aromatic rings. The number of nitrogens with zero attached hydrogens (tertiary/aromatic N) is 2. The molecular weight excluding hydrogens is 505 g/mol. The van der Waals surface area contributed by atoms with Gasteiger partial charge in [-0.2, -0.15) is 0 Å². The highest BCUT2D eigenvalue weighted by molar-refractivity contribution is 6.34. The second-order valence-electron chi connectivity index (χ2n) is 8.11. The van der Waals surface area contributed by atoms with Crippen LogP contribution in [0.3, 0.4) is 0 Å². The van der Waals surface area contributed by atoms with Crippen molar-refractivity contribution in [2.24, 2.45) is 0 Å². The molecule has 1 unspecified atom stereocenters. The van der Waals surface area contributed by atoms with Crippen LogP contribution >= 0.6 is 23.2 Å². The van der Waals surface area contributed by atoms with Gasteiger partial charge in [0.05, 0.1) is 37.3 Å². The first-order chi connectivity index (χ1) is 17.2. The Morgan fingerprint density at radius 1 is 1.06 bits per heavy atom. The number of nitrogens with one attached hydrogen (secondary N) is 1. The van der Waals surface area contributed by atoms with E-state index in [0.29, 0.717) is 27.7 Å². The summed E-state index contributed by atoms with van der Waals surface area (Å²) in [4.78, 5) is 40.1. The monoisotopic (exact) mass is 523 g/mol. The number of amides is 1. The van der Waals surface area contributed by atoms with Gasteiger partial charge in [0, 0.05) is 17.9 Å². The van der Waals surface area contributed by atoms with Crippen LogP contribution in [0, 0.1) is 17.0 Å². The van der Waals surface area contributed by atoms with Crippen molar-refractivity contribution in [3.8, 4) is 11.3 Å². The van der Waals surface area contributed by atoms with E-state index >= 15 is 0 Å². The smallest absolute Gasteiger partial charge is 0.326 e. The van der Waals surface area contributed by atoms with Crippen molar-refractivity contribution in [1.82, 2.24) is 10.3 Å². The summed E-state index contributed by atoms with van der Waals surface area (Å²) in [6.45, 7) is 1.72. The summed E-state index contributed by atoms with van der Waals surface area (Å²) in [6.07, 6.45) is 0.0260. The molecule has 2 N–H and O–H groups in total. The van der Waals surface area contributed by atoms with Crippen LogP contribution in [0.1, 0.15) is 21.5 Å². The van der Waals surface area contributed by atoms with Gasteiger partial charge in [0.25, 0.3) is 11.6 Å². The molecule has 10 heteroatoms. The van der Waals surface area contributed by atoms with Crippen molar-refractivity contribution in [3.63, 3.8) is 0 Å². The van der Waals surface area contributed by atoms with E-state index in [1.54, 1.807) is 61.5 Å². The number of nitro benzene ring substituents is 1. The topological polar surface area (TPSA) is 122 Å². The minimum Gasteiger partial charge on any atom is -0.480 e. The van der Waals surface area contributed by atoms with Crippen LogP contribution in [0.2, 0.25) is 10.0 Å². The lowest BCUT2D eigenvalue weighted by molar-refractivity contribution is -0.384. The van der Waals surface area contributed by atoms with E-state index in [2.05, 4.69) is 10.3 Å². The van der Waals surface area contributed by atoms with Crippen LogP contribution in [0.4, 0.5) is 5.69 Å². The molecule has 0 aliphatic carbocycles. The summed E-state index contributed by atoms with van der Waals surface area (Å²) in [6, 6.07) is 16.7. The number of aryl methyl sites for hydroxylation is 1. The van der Waals surface area contributed by atoms with Crippen molar-refractivity contribution in [2.45, 2.75) is 19.4 Å². The Hall–Kier alpha value is -4.01. The molecule has 4 rings (SSSR count). The minimum absolute atomic E-state index is 0.0260. The van der Waals surface area contributed by atoms with Gasteiger partial charge in [-0.15, -0.1) is 0 Å². The van der Waals surface area contributed by atoms with Crippen LogP contribution in [0.5, 0.6) is 0 Å². The molecule has 3 aromatic carbocycles. The number of carboxylic acid groups (broad SMARTS) is 1. The van der Waals surface area contributed by atoms with Gasteiger partial charge >= 0.3 is 5.97 Å². The highest BCUT2D eigenvalue weighted by Crippen LogP contribution is 2.36. The van der Waals surface area contributed by atoms with E-state index in [4.69, 9.17) is 23.2 Å². The highest BCUT2D eigenvalue weighted by Gasteiger charge is 2.24. The van der Waals surface area contributed by atoms with Crippen molar-refractivity contribution < 1.29 is 19.6 Å². The molecule has 0 spiro atoms. The fraction of sp³-hybridized carbons (Fsp3) is 0.115. The van der Waals surface area contributed by atoms with Gasteiger partial charge < -0.3 is 10.4 Å². The quantitative estimate of drug-likeness (QED) is 0.231. The molecule has 1 amide bonds. The number of pyridine rings is 1. The molecule has 1 heterocycles. The Labute approximate surface area is 215 Å². The van der Waals surface area contributed by atoms with Crippen LogP contribution < -0.4 is 5.32 Å². The predicted molar refractivity (Wildman–Crippen MR) is 138 cm³/mol. The summed E-state index contributed by atoms with van der Waals surface area (Å²) in [7, 11) is 0. The molecule has 8 nitrogen and oxygen atoms in total. The van der Waals surface area contributed by atoms with E-state index in [0.717, 1.165) is 0 Å². The Morgan fingerprint density at radius 3 is 2.47 bits per heavy atom. The van der Waals surface area contributed by atoms with Crippen molar-refractivity contribution >= 4 is 51.7 Å². The Kier molecular flexibility index (Phi) is 7.19. The van der Waals surface area contributed by atoms with Gasteiger partial charge in [-0.1, -0.05) is 53.5 Å². The zero-order chi connectivity index (χ0) is 26.0. The summed E-state index contributed by atoms with van der Waals surface area (Å²) in [5.74, 6) is -1.76. The second kappa shape index (κ2) is 10.3. The summed E-state index contributed by atoms with van der Waals surface area (Å²) in [5.41, 5.74) is 2.49. The standard InChI is InChI=1S/C26H19Cl2N3O5/c1-14-4-2-5-17(27)23(14)25(32)30-21(26(33)34)13-15-8-10-19-16(12-15)9-11-20(29-19)24-18(28)6-3-7-22(24)31(35)36/h2-12,21H,13H2,1H3,(H,30,32)(H,33,34). The number of carbonyl (C=O) groups excluding carboxylic acids is 1. The number of carboxylic acids is 1. The molecule has 182 valence electrons. The van der Waals surface area contributed by atoms with E-state index in [9.17, 15) is 24.8 Å². The number of aromatic nitrogens is 1. The maximum absolute atomic E-state index is 12.8. The van der Waals surface area contributed by atoms with Crippen LogP contribution in [-0.2, 0) is 11.2 Å². The number of aliphatic carboxylic acids is 1. The van der Waals surface area contributed by atoms with Crippen molar-refractivity contribution in [2.75, 3.05) is 0 Å². The number of benzene rings is 3. The molecule has 36 heavy (non-hydrogen) atoms. The second-order valence-corrected chi connectivity index (χ2v) is 8.93. The zero-order valence-electron chi connectivity index (χ0n) is 18.9. The lowest BCUT2D eigenvalue weighted by Crippen LogP contribution is -2.42. The molecule has 0 aliphatic rings.